The molecule has 0 atom stereocenters. The molecule has 9 rings (SSSR count). The Labute approximate surface area is 169 Å². The monoisotopic (exact) mass is 418 g/mol. The molecule has 1 heterocycles. The molecule has 0 aromatic heterocycles. The maximum Gasteiger partial charge on any atom is 0.0904 e. The maximum absolute atomic E-state index is 2.86. The first-order valence-corrected chi connectivity index (χ1v) is 11.4. The van der Waals surface area contributed by atoms with Crippen LogP contribution in [0.5, 0.6) is 0 Å². The summed E-state index contributed by atoms with van der Waals surface area (Å²) in [5.74, 6) is 6.38. The minimum Gasteiger partial charge on any atom is -0.353 e. The van der Waals surface area contributed by atoms with E-state index in [1.807, 2.05) is 0 Å². The minimum absolute atomic E-state index is 0. The fourth-order valence-corrected chi connectivity index (χ4v) is 9.87. The van der Waals surface area contributed by atoms with Gasteiger partial charge in [0.15, 0.2) is 0 Å². The third kappa shape index (κ3) is 2.22. The molecule has 0 unspecified atom stereocenters. The lowest BCUT2D eigenvalue weighted by Crippen LogP contribution is -2.62. The number of rotatable bonds is 2. The van der Waals surface area contributed by atoms with Crippen LogP contribution >= 0.6 is 17.0 Å². The van der Waals surface area contributed by atoms with Crippen molar-refractivity contribution in [2.75, 3.05) is 6.67 Å². The van der Waals surface area contributed by atoms with Gasteiger partial charge >= 0.3 is 0 Å². The van der Waals surface area contributed by atoms with Crippen LogP contribution in [0.3, 0.4) is 0 Å². The SMILES string of the molecule is Br.C1=CN(C23CC4CC(CC(C4)C2)C3)CN1C12CC3CC(CC(C3)C1)C2. The Morgan fingerprint density at radius 1 is 0.500 bits per heavy atom. The van der Waals surface area contributed by atoms with Crippen molar-refractivity contribution in [3.63, 3.8) is 0 Å². The van der Waals surface area contributed by atoms with Crippen molar-refractivity contribution < 1.29 is 0 Å². The molecule has 8 bridgehead atoms. The van der Waals surface area contributed by atoms with Gasteiger partial charge in [0.1, 0.15) is 0 Å². The standard InChI is InChI=1S/C23H34N2.BrH/c1-2-25(23-12-19-6-20(13-23)8-21(7-19)14-23)15-24(1)22-9-16-3-17(10-22)5-18(4-16)11-22;/h1-2,16-21H,3-15H2;1H. The summed E-state index contributed by atoms with van der Waals surface area (Å²) in [5, 5.41) is 0. The van der Waals surface area contributed by atoms with Gasteiger partial charge in [0.05, 0.1) is 6.67 Å². The molecule has 9 aliphatic rings. The van der Waals surface area contributed by atoms with Crippen LogP contribution in [-0.4, -0.2) is 27.5 Å². The zero-order valence-corrected chi connectivity index (χ0v) is 17.8. The lowest BCUT2D eigenvalue weighted by molar-refractivity contribution is -0.105. The van der Waals surface area contributed by atoms with Crippen LogP contribution in [0.25, 0.3) is 0 Å². The summed E-state index contributed by atoms with van der Waals surface area (Å²) in [6, 6.07) is 0. The van der Waals surface area contributed by atoms with Crippen LogP contribution in [0.4, 0.5) is 0 Å². The molecule has 8 fully saturated rings. The molecule has 8 saturated carbocycles. The number of halogens is 1. The van der Waals surface area contributed by atoms with Crippen molar-refractivity contribution >= 4 is 17.0 Å². The molecule has 1 aliphatic heterocycles. The molecule has 0 spiro atoms. The van der Waals surface area contributed by atoms with E-state index in [1.165, 1.54) is 45.2 Å². The molecule has 0 N–H and O–H groups in total. The Kier molecular flexibility index (Phi) is 3.51. The highest BCUT2D eigenvalue weighted by atomic mass is 79.9. The van der Waals surface area contributed by atoms with Gasteiger partial charge in [0.25, 0.3) is 0 Å². The lowest BCUT2D eigenvalue weighted by atomic mass is 9.52. The van der Waals surface area contributed by atoms with Gasteiger partial charge in [-0.2, -0.15) is 0 Å². The molecule has 8 aliphatic carbocycles. The summed E-state index contributed by atoms with van der Waals surface area (Å²) in [7, 11) is 0. The first-order valence-electron chi connectivity index (χ1n) is 11.4. The van der Waals surface area contributed by atoms with Crippen molar-refractivity contribution in [1.29, 1.82) is 0 Å². The zero-order valence-electron chi connectivity index (χ0n) is 16.1. The van der Waals surface area contributed by atoms with Crippen molar-refractivity contribution in [2.45, 2.75) is 88.1 Å². The van der Waals surface area contributed by atoms with E-state index in [0.717, 1.165) is 35.5 Å². The molecule has 26 heavy (non-hydrogen) atoms. The fraction of sp³-hybridized carbons (Fsp3) is 0.913. The van der Waals surface area contributed by atoms with Gasteiger partial charge in [0, 0.05) is 23.5 Å². The smallest absolute Gasteiger partial charge is 0.0904 e. The quantitative estimate of drug-likeness (QED) is 0.579. The largest absolute Gasteiger partial charge is 0.353 e. The van der Waals surface area contributed by atoms with Crippen molar-refractivity contribution in [1.82, 2.24) is 9.80 Å². The Morgan fingerprint density at radius 2 is 0.769 bits per heavy atom. The summed E-state index contributed by atoms with van der Waals surface area (Å²) in [6.07, 6.45) is 23.6. The van der Waals surface area contributed by atoms with Gasteiger partial charge < -0.3 is 9.80 Å². The molecule has 2 nitrogen and oxygen atoms in total. The van der Waals surface area contributed by atoms with Crippen molar-refractivity contribution in [3.8, 4) is 0 Å². The molecule has 0 aromatic carbocycles. The normalized spacial score (nSPS) is 55.7. The summed E-state index contributed by atoms with van der Waals surface area (Å²) >= 11 is 0. The van der Waals surface area contributed by atoms with Crippen LogP contribution in [0.2, 0.25) is 0 Å². The van der Waals surface area contributed by atoms with Crippen LogP contribution in [-0.2, 0) is 0 Å². The highest BCUT2D eigenvalue weighted by Crippen LogP contribution is 2.61. The third-order valence-corrected chi connectivity index (χ3v) is 9.96. The molecule has 0 saturated heterocycles. The van der Waals surface area contributed by atoms with Gasteiger partial charge in [0.2, 0.25) is 0 Å². The average Bonchev–Trinajstić information content (AvgIpc) is 3.04. The summed E-state index contributed by atoms with van der Waals surface area (Å²) in [4.78, 5) is 5.71. The van der Waals surface area contributed by atoms with Gasteiger partial charge in [-0.25, -0.2) is 0 Å². The molecule has 144 valence electrons. The van der Waals surface area contributed by atoms with Crippen molar-refractivity contribution in [3.05, 3.63) is 12.4 Å². The van der Waals surface area contributed by atoms with E-state index >= 15 is 0 Å². The Morgan fingerprint density at radius 3 is 1.04 bits per heavy atom. The molecule has 3 heteroatoms. The maximum atomic E-state index is 2.86. The molecule has 0 amide bonds. The van der Waals surface area contributed by atoms with E-state index in [0.29, 0.717) is 11.1 Å². The molecular weight excluding hydrogens is 384 g/mol. The topological polar surface area (TPSA) is 6.48 Å². The Bertz CT molecular complexity index is 503. The second-order valence-electron chi connectivity index (χ2n) is 11.7. The third-order valence-electron chi connectivity index (χ3n) is 9.96. The highest BCUT2D eigenvalue weighted by molar-refractivity contribution is 8.93. The number of hydrogen-bond acceptors (Lipinski definition) is 2. The van der Waals surface area contributed by atoms with E-state index in [2.05, 4.69) is 22.2 Å². The second-order valence-corrected chi connectivity index (χ2v) is 11.7. The van der Waals surface area contributed by atoms with E-state index in [4.69, 9.17) is 0 Å². The predicted octanol–water partition coefficient (Wildman–Crippen LogP) is 5.55. The van der Waals surface area contributed by atoms with Crippen molar-refractivity contribution in [2.24, 2.45) is 35.5 Å². The van der Waals surface area contributed by atoms with Crippen LogP contribution in [0.15, 0.2) is 12.4 Å². The molecule has 0 radical (unpaired) electrons. The van der Waals surface area contributed by atoms with Crippen LogP contribution in [0, 0.1) is 35.5 Å². The number of hydrogen-bond donors (Lipinski definition) is 0. The Hall–Kier alpha value is -0.180. The minimum atomic E-state index is 0. The molecule has 0 aromatic rings. The van der Waals surface area contributed by atoms with Gasteiger partial charge in [-0.3, -0.25) is 0 Å². The zero-order chi connectivity index (χ0) is 16.2. The number of nitrogens with zero attached hydrogens (tertiary/aromatic N) is 2. The summed E-state index contributed by atoms with van der Waals surface area (Å²) in [6.45, 7) is 1.23. The summed E-state index contributed by atoms with van der Waals surface area (Å²) < 4.78 is 0. The molecular formula is C23H35BrN2. The summed E-state index contributed by atoms with van der Waals surface area (Å²) in [5.41, 5.74) is 1.12. The van der Waals surface area contributed by atoms with E-state index in [-0.39, 0.29) is 17.0 Å². The average molecular weight is 419 g/mol. The lowest BCUT2D eigenvalue weighted by Gasteiger charge is -2.62. The fourth-order valence-electron chi connectivity index (χ4n) is 9.87. The van der Waals surface area contributed by atoms with Crippen LogP contribution in [0.1, 0.15) is 77.0 Å². The van der Waals surface area contributed by atoms with E-state index in [1.54, 1.807) is 38.5 Å². The first-order chi connectivity index (χ1) is 12.2. The highest BCUT2D eigenvalue weighted by Gasteiger charge is 2.57. The van der Waals surface area contributed by atoms with Gasteiger partial charge in [-0.15, -0.1) is 17.0 Å². The van der Waals surface area contributed by atoms with Gasteiger partial charge in [-0.05, 0) is 113 Å². The van der Waals surface area contributed by atoms with E-state index < -0.39 is 0 Å². The predicted molar refractivity (Wildman–Crippen MR) is 110 cm³/mol. The van der Waals surface area contributed by atoms with E-state index in [9.17, 15) is 0 Å². The second kappa shape index (κ2) is 5.45. The van der Waals surface area contributed by atoms with Crippen LogP contribution < -0.4 is 0 Å². The Balaban J connectivity index is 0.00000137. The van der Waals surface area contributed by atoms with Gasteiger partial charge in [-0.1, -0.05) is 0 Å². The first kappa shape index (κ1) is 16.7.